The highest BCUT2D eigenvalue weighted by Crippen LogP contribution is 2.43. The van der Waals surface area contributed by atoms with E-state index in [1.807, 2.05) is 0 Å². The molecule has 0 radical (unpaired) electrons. The summed E-state index contributed by atoms with van der Waals surface area (Å²) in [7, 11) is -4.74. The van der Waals surface area contributed by atoms with Gasteiger partial charge in [0, 0.05) is 19.3 Å². The monoisotopic (exact) mass is 955 g/mol. The summed E-state index contributed by atoms with van der Waals surface area (Å²) >= 11 is 0. The minimum atomic E-state index is -4.74. The lowest BCUT2D eigenvalue weighted by molar-refractivity contribution is -0.161. The topological polar surface area (TPSA) is 155 Å². The summed E-state index contributed by atoms with van der Waals surface area (Å²) in [4.78, 5) is 48.3. The lowest BCUT2D eigenvalue weighted by Crippen LogP contribution is -2.30. The van der Waals surface area contributed by atoms with Gasteiger partial charge in [-0.1, -0.05) is 205 Å². The zero-order chi connectivity index (χ0) is 48.4. The van der Waals surface area contributed by atoms with Crippen LogP contribution in [0.4, 0.5) is 0 Å². The number of hydrogen-bond acceptors (Lipinski definition) is 10. The van der Waals surface area contributed by atoms with E-state index in [0.29, 0.717) is 19.3 Å². The number of rotatable bonds is 50. The fourth-order valence-electron chi connectivity index (χ4n) is 7.38. The zero-order valence-corrected chi connectivity index (χ0v) is 43.3. The Bertz CT molecular complexity index is 1250. The van der Waals surface area contributed by atoms with Crippen LogP contribution in [-0.4, -0.2) is 66.5 Å². The average Bonchev–Trinajstić information content (AvgIpc) is 3.30. The quantitative estimate of drug-likeness (QED) is 0.0197. The molecule has 12 heteroatoms. The van der Waals surface area contributed by atoms with Gasteiger partial charge in [0.05, 0.1) is 19.8 Å². The fraction of sp³-hybridized carbons (Fsp3) is 0.833. The molecule has 0 heterocycles. The van der Waals surface area contributed by atoms with E-state index in [4.69, 9.17) is 23.3 Å². The minimum absolute atomic E-state index is 0.154. The second-order valence-electron chi connectivity index (χ2n) is 18.0. The molecular weight excluding hydrogens is 856 g/mol. The number of esters is 3. The molecule has 3 atom stereocenters. The molecule has 0 aliphatic rings. The maximum Gasteiger partial charge on any atom is 0.472 e. The van der Waals surface area contributed by atoms with Gasteiger partial charge in [-0.05, 0) is 64.2 Å². The summed E-state index contributed by atoms with van der Waals surface area (Å²) in [6.07, 6.45) is 48.2. The van der Waals surface area contributed by atoms with Crippen LogP contribution in [0.3, 0.4) is 0 Å². The zero-order valence-electron chi connectivity index (χ0n) is 42.4. The SMILES string of the molecule is CCC/C=C\C/C=C\CCCCCCCC(=O)OC(COC(=O)CCCCCCCCCCCCCCCCC)COP(=O)(O)OCC(CO)OC(=O)CCCCCCC/C=C\CCCC. The van der Waals surface area contributed by atoms with Gasteiger partial charge in [0.25, 0.3) is 0 Å². The van der Waals surface area contributed by atoms with Crippen LogP contribution in [0.2, 0.25) is 0 Å². The van der Waals surface area contributed by atoms with Gasteiger partial charge in [0.1, 0.15) is 12.7 Å². The van der Waals surface area contributed by atoms with Crippen LogP contribution in [-0.2, 0) is 42.2 Å². The van der Waals surface area contributed by atoms with Crippen molar-refractivity contribution in [2.75, 3.05) is 26.4 Å². The molecule has 0 aromatic rings. The summed E-state index contributed by atoms with van der Waals surface area (Å²) in [5.74, 6) is -1.48. The van der Waals surface area contributed by atoms with Crippen molar-refractivity contribution in [2.45, 2.75) is 264 Å². The Labute approximate surface area is 403 Å². The van der Waals surface area contributed by atoms with Gasteiger partial charge in [-0.3, -0.25) is 23.4 Å². The molecule has 66 heavy (non-hydrogen) atoms. The molecule has 386 valence electrons. The third-order valence-corrected chi connectivity index (χ3v) is 12.5. The number of unbranched alkanes of at least 4 members (excludes halogenated alkanes) is 27. The number of phosphoric acid groups is 1. The molecule has 2 N–H and O–H groups in total. The molecule has 0 saturated carbocycles. The van der Waals surface area contributed by atoms with Crippen molar-refractivity contribution in [3.8, 4) is 0 Å². The summed E-state index contributed by atoms with van der Waals surface area (Å²) in [6.45, 7) is 4.53. The maximum atomic E-state index is 12.8. The van der Waals surface area contributed by atoms with E-state index in [1.54, 1.807) is 0 Å². The smallest absolute Gasteiger partial charge is 0.462 e. The average molecular weight is 955 g/mol. The van der Waals surface area contributed by atoms with E-state index in [2.05, 4.69) is 57.2 Å². The predicted octanol–water partition coefficient (Wildman–Crippen LogP) is 15.3. The van der Waals surface area contributed by atoms with Gasteiger partial charge in [-0.2, -0.15) is 0 Å². The van der Waals surface area contributed by atoms with Crippen molar-refractivity contribution >= 4 is 25.7 Å². The van der Waals surface area contributed by atoms with Crippen LogP contribution in [0.1, 0.15) is 252 Å². The van der Waals surface area contributed by atoms with Gasteiger partial charge >= 0.3 is 25.7 Å². The second-order valence-corrected chi connectivity index (χ2v) is 19.5. The number of carbonyl (C=O) groups excluding carboxylic acids is 3. The molecule has 0 aromatic heterocycles. The molecule has 0 amide bonds. The fourth-order valence-corrected chi connectivity index (χ4v) is 8.16. The molecule has 0 rings (SSSR count). The van der Waals surface area contributed by atoms with Crippen molar-refractivity contribution in [1.82, 2.24) is 0 Å². The first-order chi connectivity index (χ1) is 32.2. The summed E-state index contributed by atoms with van der Waals surface area (Å²) in [5, 5.41) is 9.76. The number of hydrogen-bond donors (Lipinski definition) is 2. The summed E-state index contributed by atoms with van der Waals surface area (Å²) < 4.78 is 39.4. The highest BCUT2D eigenvalue weighted by atomic mass is 31.2. The van der Waals surface area contributed by atoms with E-state index in [-0.39, 0.29) is 25.9 Å². The number of allylic oxidation sites excluding steroid dienone is 6. The molecule has 0 fully saturated rings. The first kappa shape index (κ1) is 63.7. The largest absolute Gasteiger partial charge is 0.472 e. The second kappa shape index (κ2) is 49.1. The van der Waals surface area contributed by atoms with E-state index in [9.17, 15) is 28.9 Å². The van der Waals surface area contributed by atoms with Gasteiger partial charge in [-0.15, -0.1) is 0 Å². The van der Waals surface area contributed by atoms with Crippen molar-refractivity contribution in [3.05, 3.63) is 36.5 Å². The number of aliphatic hydroxyl groups is 1. The summed E-state index contributed by atoms with van der Waals surface area (Å²) in [6, 6.07) is 0. The highest BCUT2D eigenvalue weighted by molar-refractivity contribution is 7.47. The van der Waals surface area contributed by atoms with Crippen LogP contribution in [0.25, 0.3) is 0 Å². The van der Waals surface area contributed by atoms with Crippen molar-refractivity contribution < 1.29 is 52.2 Å². The maximum absolute atomic E-state index is 12.8. The third kappa shape index (κ3) is 46.8. The van der Waals surface area contributed by atoms with Crippen molar-refractivity contribution in [3.63, 3.8) is 0 Å². The number of phosphoric ester groups is 1. The Morgan fingerprint density at radius 3 is 1.24 bits per heavy atom. The highest BCUT2D eigenvalue weighted by Gasteiger charge is 2.28. The Hall–Kier alpha value is -2.30. The standard InChI is InChI=1S/C54H99O11P/c1-4-7-10-13-16-19-22-24-25-27-29-31-34-37-40-43-52(56)61-47-51(65-54(58)45-42-39-36-33-30-26-23-20-17-14-11-8-5-2)49-63-66(59,60)62-48-50(46-55)64-53(57)44-41-38-35-32-28-21-18-15-12-9-6-3/h11,14-15,18,20,23,50-51,55H,4-10,12-13,16-17,19,21-22,24-49H2,1-3H3,(H,59,60)/b14-11-,18-15-,23-20-. The Kier molecular flexibility index (Phi) is 47.4. The van der Waals surface area contributed by atoms with E-state index >= 15 is 0 Å². The lowest BCUT2D eigenvalue weighted by Gasteiger charge is -2.21. The first-order valence-electron chi connectivity index (χ1n) is 26.9. The number of carbonyl (C=O) groups is 3. The molecule has 0 aliphatic heterocycles. The Balaban J connectivity index is 4.73. The van der Waals surface area contributed by atoms with Gasteiger partial charge in [0.2, 0.25) is 0 Å². The van der Waals surface area contributed by atoms with Gasteiger partial charge in [0.15, 0.2) is 6.10 Å². The lowest BCUT2D eigenvalue weighted by atomic mass is 10.0. The Morgan fingerprint density at radius 1 is 0.424 bits per heavy atom. The molecule has 0 spiro atoms. The molecule has 0 bridgehead atoms. The molecule has 0 aromatic carbocycles. The van der Waals surface area contributed by atoms with E-state index in [1.165, 1.54) is 83.5 Å². The minimum Gasteiger partial charge on any atom is -0.462 e. The van der Waals surface area contributed by atoms with Crippen LogP contribution in [0.5, 0.6) is 0 Å². The van der Waals surface area contributed by atoms with E-state index < -0.39 is 57.8 Å². The molecular formula is C54H99O11P. The molecule has 3 unspecified atom stereocenters. The number of aliphatic hydroxyl groups excluding tert-OH is 1. The predicted molar refractivity (Wildman–Crippen MR) is 270 cm³/mol. The van der Waals surface area contributed by atoms with Crippen LogP contribution >= 0.6 is 7.82 Å². The molecule has 0 saturated heterocycles. The first-order valence-corrected chi connectivity index (χ1v) is 28.4. The van der Waals surface area contributed by atoms with Crippen molar-refractivity contribution in [2.24, 2.45) is 0 Å². The summed E-state index contributed by atoms with van der Waals surface area (Å²) in [5.41, 5.74) is 0. The molecule has 0 aliphatic carbocycles. The van der Waals surface area contributed by atoms with Gasteiger partial charge < -0.3 is 24.2 Å². The van der Waals surface area contributed by atoms with Gasteiger partial charge in [-0.25, -0.2) is 4.57 Å². The van der Waals surface area contributed by atoms with Crippen molar-refractivity contribution in [1.29, 1.82) is 0 Å². The van der Waals surface area contributed by atoms with Crippen LogP contribution in [0.15, 0.2) is 36.5 Å². The molecule has 11 nitrogen and oxygen atoms in total. The number of ether oxygens (including phenoxy) is 3. The third-order valence-electron chi connectivity index (χ3n) is 11.5. The van der Waals surface area contributed by atoms with Crippen LogP contribution in [0, 0.1) is 0 Å². The van der Waals surface area contributed by atoms with E-state index in [0.717, 1.165) is 109 Å². The van der Waals surface area contributed by atoms with Crippen LogP contribution < -0.4 is 0 Å². The Morgan fingerprint density at radius 2 is 0.788 bits per heavy atom. The normalized spacial score (nSPS) is 13.7.